The van der Waals surface area contributed by atoms with E-state index in [1.54, 1.807) is 0 Å². The summed E-state index contributed by atoms with van der Waals surface area (Å²) in [4.78, 5) is 4.65. The van der Waals surface area contributed by atoms with Crippen molar-refractivity contribution in [1.82, 2.24) is 5.32 Å². The molecule has 112 valence electrons. The van der Waals surface area contributed by atoms with Gasteiger partial charge < -0.3 is 5.32 Å². The molecule has 0 aromatic rings. The smallest absolute Gasteiger partial charge is 0.0970 e. The first kappa shape index (κ1) is 16.5. The van der Waals surface area contributed by atoms with E-state index in [1.165, 1.54) is 70.0 Å². The molecule has 1 aliphatic heterocycles. The average Bonchev–Trinajstić information content (AvgIpc) is 2.71. The van der Waals surface area contributed by atoms with Crippen molar-refractivity contribution in [2.45, 2.75) is 103 Å². The van der Waals surface area contributed by atoms with Crippen LogP contribution in [0.25, 0.3) is 0 Å². The maximum atomic E-state index is 4.65. The van der Waals surface area contributed by atoms with Crippen molar-refractivity contribution in [2.24, 2.45) is 4.99 Å². The molecule has 2 unspecified atom stereocenters. The van der Waals surface area contributed by atoms with Gasteiger partial charge in [0, 0.05) is 12.5 Å². The molecule has 2 atom stereocenters. The zero-order valence-corrected chi connectivity index (χ0v) is 13.4. The number of amidine groups is 1. The van der Waals surface area contributed by atoms with E-state index in [0.717, 1.165) is 6.42 Å². The van der Waals surface area contributed by atoms with Gasteiger partial charge in [0.1, 0.15) is 0 Å². The normalized spacial score (nSPS) is 22.4. The highest BCUT2D eigenvalue weighted by Crippen LogP contribution is 2.13. The predicted molar refractivity (Wildman–Crippen MR) is 86.0 cm³/mol. The molecule has 1 aliphatic rings. The summed E-state index contributed by atoms with van der Waals surface area (Å²) in [5, 5.41) is 3.48. The Morgan fingerprint density at radius 2 is 1.37 bits per heavy atom. The minimum atomic E-state index is 0.470. The highest BCUT2D eigenvalue weighted by molar-refractivity contribution is 5.84. The fourth-order valence-corrected chi connectivity index (χ4v) is 2.69. The molecule has 19 heavy (non-hydrogen) atoms. The van der Waals surface area contributed by atoms with Crippen LogP contribution in [0.4, 0.5) is 0 Å². The standard InChI is InChI=1S/C17H34N2/c1-4-5-6-7-8-9-10-11-12-13-14-17-18-15(2)16(3)19-17/h15-16H,4-14H2,1-3H3,(H,18,19). The molecule has 0 saturated heterocycles. The minimum absolute atomic E-state index is 0.470. The van der Waals surface area contributed by atoms with Crippen LogP contribution in [-0.4, -0.2) is 17.9 Å². The molecule has 2 heteroatoms. The Balaban J connectivity index is 1.83. The third-order valence-corrected chi connectivity index (χ3v) is 4.24. The van der Waals surface area contributed by atoms with Crippen LogP contribution < -0.4 is 5.32 Å². The van der Waals surface area contributed by atoms with E-state index in [4.69, 9.17) is 0 Å². The van der Waals surface area contributed by atoms with Gasteiger partial charge in [-0.25, -0.2) is 0 Å². The second-order valence-electron chi connectivity index (χ2n) is 6.18. The van der Waals surface area contributed by atoms with Gasteiger partial charge in [-0.05, 0) is 20.3 Å². The van der Waals surface area contributed by atoms with Crippen molar-refractivity contribution in [3.05, 3.63) is 0 Å². The molecule has 1 N–H and O–H groups in total. The van der Waals surface area contributed by atoms with Crippen molar-refractivity contribution in [3.8, 4) is 0 Å². The molecular weight excluding hydrogens is 232 g/mol. The van der Waals surface area contributed by atoms with Crippen molar-refractivity contribution < 1.29 is 0 Å². The van der Waals surface area contributed by atoms with Crippen LogP contribution in [0.3, 0.4) is 0 Å². The van der Waals surface area contributed by atoms with Crippen molar-refractivity contribution in [1.29, 1.82) is 0 Å². The maximum absolute atomic E-state index is 4.65. The van der Waals surface area contributed by atoms with Gasteiger partial charge in [-0.2, -0.15) is 0 Å². The number of hydrogen-bond donors (Lipinski definition) is 1. The number of nitrogens with one attached hydrogen (secondary N) is 1. The van der Waals surface area contributed by atoms with Crippen LogP contribution in [0.5, 0.6) is 0 Å². The van der Waals surface area contributed by atoms with Crippen LogP contribution in [0, 0.1) is 0 Å². The Bertz CT molecular complexity index is 248. The largest absolute Gasteiger partial charge is 0.369 e. The number of nitrogens with zero attached hydrogens (tertiary/aromatic N) is 1. The van der Waals surface area contributed by atoms with Crippen LogP contribution in [0.2, 0.25) is 0 Å². The molecular formula is C17H34N2. The summed E-state index contributed by atoms with van der Waals surface area (Å²) in [5.41, 5.74) is 0. The number of rotatable bonds is 11. The molecule has 0 fully saturated rings. The summed E-state index contributed by atoms with van der Waals surface area (Å²) in [6.07, 6.45) is 15.2. The minimum Gasteiger partial charge on any atom is -0.369 e. The van der Waals surface area contributed by atoms with Crippen molar-refractivity contribution in [3.63, 3.8) is 0 Å². The molecule has 1 heterocycles. The van der Waals surface area contributed by atoms with Crippen LogP contribution in [0.15, 0.2) is 4.99 Å². The Morgan fingerprint density at radius 1 is 0.842 bits per heavy atom. The Kier molecular flexibility index (Phi) is 8.94. The molecule has 0 radical (unpaired) electrons. The van der Waals surface area contributed by atoms with E-state index >= 15 is 0 Å². The number of hydrogen-bond acceptors (Lipinski definition) is 2. The van der Waals surface area contributed by atoms with Gasteiger partial charge in [0.25, 0.3) is 0 Å². The lowest BCUT2D eigenvalue weighted by Gasteiger charge is -2.08. The van der Waals surface area contributed by atoms with E-state index in [0.29, 0.717) is 12.1 Å². The molecule has 0 aromatic carbocycles. The van der Waals surface area contributed by atoms with Gasteiger partial charge >= 0.3 is 0 Å². The van der Waals surface area contributed by atoms with Crippen molar-refractivity contribution in [2.75, 3.05) is 0 Å². The van der Waals surface area contributed by atoms with Gasteiger partial charge in [0.05, 0.1) is 11.9 Å². The molecule has 0 bridgehead atoms. The summed E-state index contributed by atoms with van der Waals surface area (Å²) < 4.78 is 0. The van der Waals surface area contributed by atoms with E-state index in [-0.39, 0.29) is 0 Å². The third kappa shape index (κ3) is 7.59. The highest BCUT2D eigenvalue weighted by atomic mass is 15.1. The first-order chi connectivity index (χ1) is 9.24. The highest BCUT2D eigenvalue weighted by Gasteiger charge is 2.19. The molecule has 0 saturated carbocycles. The summed E-state index contributed by atoms with van der Waals surface area (Å²) in [6.45, 7) is 6.70. The van der Waals surface area contributed by atoms with E-state index in [1.807, 2.05) is 0 Å². The Labute approximate surface area is 120 Å². The summed E-state index contributed by atoms with van der Waals surface area (Å²) >= 11 is 0. The van der Waals surface area contributed by atoms with Crippen molar-refractivity contribution >= 4 is 5.84 Å². The fourth-order valence-electron chi connectivity index (χ4n) is 2.69. The van der Waals surface area contributed by atoms with Crippen LogP contribution >= 0.6 is 0 Å². The lowest BCUT2D eigenvalue weighted by atomic mass is 10.1. The molecule has 2 nitrogen and oxygen atoms in total. The van der Waals surface area contributed by atoms with Gasteiger partial charge in [-0.15, -0.1) is 0 Å². The van der Waals surface area contributed by atoms with Gasteiger partial charge in [0.15, 0.2) is 0 Å². The van der Waals surface area contributed by atoms with E-state index in [2.05, 4.69) is 31.1 Å². The van der Waals surface area contributed by atoms with Gasteiger partial charge in [0.2, 0.25) is 0 Å². The monoisotopic (exact) mass is 266 g/mol. The summed E-state index contributed by atoms with van der Waals surface area (Å²) in [5.74, 6) is 1.25. The number of unbranched alkanes of at least 4 members (excludes halogenated alkanes) is 9. The van der Waals surface area contributed by atoms with Gasteiger partial charge in [-0.3, -0.25) is 4.99 Å². The topological polar surface area (TPSA) is 24.4 Å². The second-order valence-corrected chi connectivity index (χ2v) is 6.18. The molecule has 0 amide bonds. The molecule has 1 rings (SSSR count). The van der Waals surface area contributed by atoms with Gasteiger partial charge in [-0.1, -0.05) is 64.7 Å². The fraction of sp³-hybridized carbons (Fsp3) is 0.941. The lowest BCUT2D eigenvalue weighted by molar-refractivity contribution is 0.558. The zero-order chi connectivity index (χ0) is 13.9. The quantitative estimate of drug-likeness (QED) is 0.518. The predicted octanol–water partition coefficient (Wildman–Crippen LogP) is 5.08. The first-order valence-corrected chi connectivity index (χ1v) is 8.57. The second kappa shape index (κ2) is 10.3. The Hall–Kier alpha value is -0.530. The number of aliphatic imine (C=N–C) groups is 1. The third-order valence-electron chi connectivity index (χ3n) is 4.24. The van der Waals surface area contributed by atoms with Crippen LogP contribution in [0.1, 0.15) is 91.4 Å². The molecule has 0 aliphatic carbocycles. The Morgan fingerprint density at radius 3 is 1.84 bits per heavy atom. The molecule has 0 spiro atoms. The average molecular weight is 266 g/mol. The lowest BCUT2D eigenvalue weighted by Crippen LogP contribution is -2.30. The van der Waals surface area contributed by atoms with Crippen LogP contribution in [-0.2, 0) is 0 Å². The zero-order valence-electron chi connectivity index (χ0n) is 13.4. The first-order valence-electron chi connectivity index (χ1n) is 8.57. The van der Waals surface area contributed by atoms with E-state index < -0.39 is 0 Å². The molecule has 0 aromatic heterocycles. The van der Waals surface area contributed by atoms with E-state index in [9.17, 15) is 0 Å². The summed E-state index contributed by atoms with van der Waals surface area (Å²) in [6, 6.07) is 1.01. The SMILES string of the molecule is CCCCCCCCCCCCC1=NC(C)C(C)N1. The summed E-state index contributed by atoms with van der Waals surface area (Å²) in [7, 11) is 0. The maximum Gasteiger partial charge on any atom is 0.0970 e.